The van der Waals surface area contributed by atoms with Gasteiger partial charge in [-0.25, -0.2) is 0 Å². The lowest BCUT2D eigenvalue weighted by atomic mass is 9.66. The molecule has 3 aliphatic rings. The molecule has 1 heterocycles. The lowest BCUT2D eigenvalue weighted by Gasteiger charge is -2.35. The molecule has 0 radical (unpaired) electrons. The van der Waals surface area contributed by atoms with Crippen LogP contribution < -0.4 is 0 Å². The van der Waals surface area contributed by atoms with Crippen LogP contribution in [0.15, 0.2) is 235 Å². The van der Waals surface area contributed by atoms with E-state index in [4.69, 9.17) is 4.42 Å². The van der Waals surface area contributed by atoms with Gasteiger partial charge in [0.25, 0.3) is 0 Å². The quantitative estimate of drug-likeness (QED) is 0.168. The summed E-state index contributed by atoms with van der Waals surface area (Å²) in [4.78, 5) is 0. The van der Waals surface area contributed by atoms with Gasteiger partial charge in [-0.2, -0.15) is 0 Å². The first-order valence-corrected chi connectivity index (χ1v) is 30.2. The number of fused-ring (bicyclic) bond motifs is 9. The van der Waals surface area contributed by atoms with E-state index in [0.29, 0.717) is 0 Å². The molecule has 0 fully saturated rings. The van der Waals surface area contributed by atoms with Crippen LogP contribution in [0.25, 0.3) is 99.8 Å². The number of hydrogen-bond donors (Lipinski definition) is 0. The molecular weight excluding hydrogens is 1010 g/mol. The highest BCUT2D eigenvalue weighted by atomic mass is 16.3. The van der Waals surface area contributed by atoms with Crippen LogP contribution in [-0.4, -0.2) is 0 Å². The normalized spacial score (nSPS) is 15.3. The molecule has 12 aromatic rings. The summed E-state index contributed by atoms with van der Waals surface area (Å²) < 4.78 is 6.75. The number of rotatable bonds is 2. The van der Waals surface area contributed by atoms with Crippen LogP contribution in [0.3, 0.4) is 0 Å². The maximum Gasteiger partial charge on any atom is 0.136 e. The van der Waals surface area contributed by atoms with Crippen molar-refractivity contribution < 1.29 is 4.42 Å². The van der Waals surface area contributed by atoms with Crippen molar-refractivity contribution in [2.75, 3.05) is 0 Å². The Kier molecular flexibility index (Phi) is 12.1. The minimum atomic E-state index is -0.738. The van der Waals surface area contributed by atoms with Gasteiger partial charge in [0.15, 0.2) is 0 Å². The molecule has 84 heavy (non-hydrogen) atoms. The van der Waals surface area contributed by atoms with Crippen LogP contribution in [0, 0.1) is 6.92 Å². The molecule has 1 spiro atoms. The fourth-order valence-corrected chi connectivity index (χ4v) is 14.1. The number of aryl methyl sites for hydroxylation is 1. The SMILES string of the molecule is Cc1cccc2c1-c1c(ccc3oc4ccccc4c13)C21c2cccc(c2)-c2cc(-c3ccc(C(C)(C)C)cc3)cc(c2)-c2ccc(cc2)C(C)(C)c2cc(C(C)(C)C)ccc2-c2cc(-c3ccc(C(C)(C)C)cc3)cc(c2)-c2cccc1c2. The van der Waals surface area contributed by atoms with E-state index in [2.05, 4.69) is 314 Å². The van der Waals surface area contributed by atoms with E-state index >= 15 is 0 Å². The summed E-state index contributed by atoms with van der Waals surface area (Å²) in [6.45, 7) is 27.9. The van der Waals surface area contributed by atoms with Gasteiger partial charge >= 0.3 is 0 Å². The Morgan fingerprint density at radius 1 is 0.310 bits per heavy atom. The van der Waals surface area contributed by atoms with Gasteiger partial charge in [0.2, 0.25) is 0 Å². The maximum atomic E-state index is 6.75. The summed E-state index contributed by atoms with van der Waals surface area (Å²) in [5, 5.41) is 2.30. The van der Waals surface area contributed by atoms with E-state index in [-0.39, 0.29) is 21.7 Å². The molecular formula is C83H74O. The van der Waals surface area contributed by atoms with Gasteiger partial charge in [-0.3, -0.25) is 0 Å². The summed E-state index contributed by atoms with van der Waals surface area (Å²) in [5.74, 6) is 0. The minimum Gasteiger partial charge on any atom is -0.456 e. The molecule has 0 amide bonds. The van der Waals surface area contributed by atoms with Crippen molar-refractivity contribution in [1.82, 2.24) is 0 Å². The summed E-state index contributed by atoms with van der Waals surface area (Å²) in [6.07, 6.45) is 0. The molecule has 1 atom stereocenters. The van der Waals surface area contributed by atoms with Crippen molar-refractivity contribution in [3.05, 3.63) is 286 Å². The molecule has 0 saturated heterocycles. The van der Waals surface area contributed by atoms with E-state index < -0.39 is 5.41 Å². The predicted molar refractivity (Wildman–Crippen MR) is 357 cm³/mol. The van der Waals surface area contributed by atoms with Crippen LogP contribution >= 0.6 is 0 Å². The molecule has 1 nitrogen and oxygen atoms in total. The molecule has 0 saturated carbocycles. The second-order valence-corrected chi connectivity index (χ2v) is 27.8. The molecule has 10 bridgehead atoms. The second kappa shape index (κ2) is 19.1. The van der Waals surface area contributed by atoms with Crippen molar-refractivity contribution >= 4 is 21.9 Å². The monoisotopic (exact) mass is 1090 g/mol. The highest BCUT2D eigenvalue weighted by Gasteiger charge is 2.48. The van der Waals surface area contributed by atoms with Gasteiger partial charge in [-0.1, -0.05) is 246 Å². The first-order chi connectivity index (χ1) is 40.1. The van der Waals surface area contributed by atoms with E-state index in [1.54, 1.807) is 0 Å². The first kappa shape index (κ1) is 53.2. The summed E-state index contributed by atoms with van der Waals surface area (Å²) in [5.41, 5.74) is 30.3. The van der Waals surface area contributed by atoms with Gasteiger partial charge in [0.05, 0.1) is 5.41 Å². The average Bonchev–Trinajstić information content (AvgIpc) is 1.58. The number of para-hydroxylation sites is 1. The topological polar surface area (TPSA) is 13.1 Å². The molecule has 1 unspecified atom stereocenters. The lowest BCUT2D eigenvalue weighted by molar-refractivity contribution is 0.582. The molecule has 1 aromatic heterocycles. The fourth-order valence-electron chi connectivity index (χ4n) is 14.1. The Morgan fingerprint density at radius 2 is 0.774 bits per heavy atom. The third-order valence-electron chi connectivity index (χ3n) is 19.0. The fraction of sp³-hybridized carbons (Fsp3) is 0.205. The van der Waals surface area contributed by atoms with Gasteiger partial charge in [0, 0.05) is 16.2 Å². The molecule has 1 heteroatoms. The molecule has 0 aliphatic heterocycles. The van der Waals surface area contributed by atoms with Crippen LogP contribution in [0.1, 0.15) is 132 Å². The molecule has 3 aliphatic carbocycles. The highest BCUT2D eigenvalue weighted by Crippen LogP contribution is 2.60. The van der Waals surface area contributed by atoms with Crippen LogP contribution in [-0.2, 0) is 27.1 Å². The zero-order valence-electron chi connectivity index (χ0n) is 50.8. The van der Waals surface area contributed by atoms with E-state index in [1.165, 1.54) is 139 Å². The van der Waals surface area contributed by atoms with E-state index in [0.717, 1.165) is 16.6 Å². The van der Waals surface area contributed by atoms with Crippen LogP contribution in [0.2, 0.25) is 0 Å². The number of benzene rings is 11. The van der Waals surface area contributed by atoms with E-state index in [9.17, 15) is 0 Å². The van der Waals surface area contributed by atoms with Crippen molar-refractivity contribution in [3.8, 4) is 77.9 Å². The van der Waals surface area contributed by atoms with Crippen molar-refractivity contribution in [2.45, 2.75) is 110 Å². The summed E-state index contributed by atoms with van der Waals surface area (Å²) >= 11 is 0. The minimum absolute atomic E-state index is 0.0330. The Balaban J connectivity index is 1.10. The Bertz CT molecular complexity index is 4590. The second-order valence-electron chi connectivity index (χ2n) is 27.8. The van der Waals surface area contributed by atoms with Crippen LogP contribution in [0.5, 0.6) is 0 Å². The zero-order chi connectivity index (χ0) is 58.2. The third-order valence-corrected chi connectivity index (χ3v) is 19.0. The Hall–Kier alpha value is -8.78. The standard InChI is InChI=1S/C83H74O/c1-51-18-15-24-71-76(51)78-72(40-41-75-77(78)70-23-13-14-25-74(70)84-75)83(71)67-21-16-19-55(48-67)60-43-57(52-26-32-63(33-27-52)79(2,3)4)42-58(44-60)54-30-36-65(37-31-54)82(11,12)73-50-66(81(8,9)10)38-39-69(73)62-46-59(53-28-34-64(35-29-53)80(5,6)7)45-61(47-62)56-20-17-22-68(83)49-56/h13-50H,1-12H3. The third kappa shape index (κ3) is 8.64. The summed E-state index contributed by atoms with van der Waals surface area (Å²) in [6, 6.07) is 89.2. The molecule has 15 rings (SSSR count). The van der Waals surface area contributed by atoms with Gasteiger partial charge in [-0.15, -0.1) is 0 Å². The van der Waals surface area contributed by atoms with Gasteiger partial charge in [-0.05, 0) is 217 Å². The Morgan fingerprint density at radius 3 is 1.31 bits per heavy atom. The molecule has 11 aromatic carbocycles. The Labute approximate surface area is 497 Å². The van der Waals surface area contributed by atoms with Gasteiger partial charge < -0.3 is 4.42 Å². The summed E-state index contributed by atoms with van der Waals surface area (Å²) in [7, 11) is 0. The van der Waals surface area contributed by atoms with Crippen molar-refractivity contribution in [1.29, 1.82) is 0 Å². The zero-order valence-corrected chi connectivity index (χ0v) is 50.8. The lowest BCUT2D eigenvalue weighted by Crippen LogP contribution is -2.28. The van der Waals surface area contributed by atoms with Crippen molar-refractivity contribution in [3.63, 3.8) is 0 Å². The van der Waals surface area contributed by atoms with Gasteiger partial charge in [0.1, 0.15) is 11.2 Å². The number of furan rings is 1. The number of hydrogen-bond acceptors (Lipinski definition) is 1. The predicted octanol–water partition coefficient (Wildman–Crippen LogP) is 22.8. The first-order valence-electron chi connectivity index (χ1n) is 30.2. The van der Waals surface area contributed by atoms with Crippen LogP contribution in [0.4, 0.5) is 0 Å². The van der Waals surface area contributed by atoms with Crippen molar-refractivity contribution in [2.24, 2.45) is 0 Å². The van der Waals surface area contributed by atoms with E-state index in [1.807, 2.05) is 0 Å². The average molecular weight is 1090 g/mol. The molecule has 412 valence electrons. The smallest absolute Gasteiger partial charge is 0.136 e. The highest BCUT2D eigenvalue weighted by molar-refractivity contribution is 6.16. The largest absolute Gasteiger partial charge is 0.456 e. The maximum absolute atomic E-state index is 6.75. The molecule has 0 N–H and O–H groups in total.